The van der Waals surface area contributed by atoms with E-state index in [0.29, 0.717) is 125 Å². The highest BCUT2D eigenvalue weighted by Crippen LogP contribution is 2.69. The van der Waals surface area contributed by atoms with E-state index in [9.17, 15) is 0 Å². The molecule has 0 fully saturated rings. The molecule has 0 amide bonds. The molecule has 0 saturated carbocycles. The SMILES string of the molecule is CC(C)=CCC/C(C)=C(\F)CC(/C=C(\C)CCC=C(C)C)OP(=O)(OC(/C=C(\C)CCC=C(C)C)C/C(F)=C(\C)CCC=C(C)C)OP(=O)(OC(/C=C(\C)CCC=C(C)C)C/C(F)=C(\C)CCC=C(C)C)OC(/C=C(\C)CCC=C(C)C)C/C(F)=C(\C)CCC=C(C)C. The fourth-order valence-corrected chi connectivity index (χ4v) is 13.2. The first-order chi connectivity index (χ1) is 43.3. The number of allylic oxidation sites excluding steroid dienone is 24. The Bertz CT molecular complexity index is 2540. The van der Waals surface area contributed by atoms with Crippen LogP contribution in [0.1, 0.15) is 295 Å². The Kier molecular flexibility index (Phi) is 46.3. The summed E-state index contributed by atoms with van der Waals surface area (Å²) in [6.45, 7) is 46.1. The van der Waals surface area contributed by atoms with Crippen molar-refractivity contribution in [2.75, 3.05) is 0 Å². The van der Waals surface area contributed by atoms with E-state index in [1.807, 2.05) is 163 Å². The molecule has 7 nitrogen and oxygen atoms in total. The molecule has 0 heterocycles. The van der Waals surface area contributed by atoms with Crippen LogP contribution in [0.5, 0.6) is 0 Å². The van der Waals surface area contributed by atoms with Gasteiger partial charge >= 0.3 is 15.6 Å². The van der Waals surface area contributed by atoms with Crippen LogP contribution in [0.4, 0.5) is 17.6 Å². The van der Waals surface area contributed by atoms with Crippen LogP contribution >= 0.6 is 15.6 Å². The lowest BCUT2D eigenvalue weighted by Crippen LogP contribution is -2.20. The molecular weight excluding hydrogens is 1210 g/mol. The van der Waals surface area contributed by atoms with Crippen molar-refractivity contribution in [1.29, 1.82) is 0 Å². The van der Waals surface area contributed by atoms with Crippen LogP contribution in [0.25, 0.3) is 0 Å². The molecule has 0 rings (SSSR count). The van der Waals surface area contributed by atoms with Gasteiger partial charge in [-0.15, -0.1) is 0 Å². The molecule has 0 N–H and O–H groups in total. The second-order valence-electron chi connectivity index (χ2n) is 27.7. The minimum atomic E-state index is -5.59. The lowest BCUT2D eigenvalue weighted by atomic mass is 10.0. The molecule has 13 heteroatoms. The third kappa shape index (κ3) is 46.6. The number of hydrogen-bond acceptors (Lipinski definition) is 7. The Morgan fingerprint density at radius 2 is 0.419 bits per heavy atom. The highest BCUT2D eigenvalue weighted by molar-refractivity contribution is 7.62. The van der Waals surface area contributed by atoms with E-state index in [1.165, 1.54) is 0 Å². The van der Waals surface area contributed by atoms with Crippen LogP contribution in [0.15, 0.2) is 185 Å². The summed E-state index contributed by atoms with van der Waals surface area (Å²) in [5, 5.41) is 0. The molecule has 0 aromatic rings. The first-order valence-electron chi connectivity index (χ1n) is 34.1. The minimum Gasteiger partial charge on any atom is -0.279 e. The zero-order chi connectivity index (χ0) is 71.0. The Labute approximate surface area is 566 Å². The molecule has 0 bridgehead atoms. The van der Waals surface area contributed by atoms with Gasteiger partial charge in [-0.05, 0) is 291 Å². The quantitative estimate of drug-likeness (QED) is 0.0341. The van der Waals surface area contributed by atoms with E-state index in [-0.39, 0.29) is 0 Å². The molecule has 4 unspecified atom stereocenters. The van der Waals surface area contributed by atoms with Gasteiger partial charge in [0.2, 0.25) is 0 Å². The van der Waals surface area contributed by atoms with Crippen LogP contribution in [-0.2, 0) is 31.5 Å². The summed E-state index contributed by atoms with van der Waals surface area (Å²) >= 11 is 0. The smallest absolute Gasteiger partial charge is 0.279 e. The van der Waals surface area contributed by atoms with Gasteiger partial charge in [-0.3, -0.25) is 18.1 Å². The fraction of sp³-hybridized carbons (Fsp3) is 0.600. The zero-order valence-corrected chi connectivity index (χ0v) is 64.4. The second kappa shape index (κ2) is 48.5. The highest BCUT2D eigenvalue weighted by Gasteiger charge is 2.47. The van der Waals surface area contributed by atoms with Gasteiger partial charge in [-0.25, -0.2) is 26.7 Å². The van der Waals surface area contributed by atoms with Gasteiger partial charge in [0.15, 0.2) is 0 Å². The molecule has 0 radical (unpaired) electrons. The molecule has 93 heavy (non-hydrogen) atoms. The van der Waals surface area contributed by atoms with E-state index in [1.54, 1.807) is 52.0 Å². The zero-order valence-electron chi connectivity index (χ0n) is 62.6. The van der Waals surface area contributed by atoms with Crippen molar-refractivity contribution in [1.82, 2.24) is 0 Å². The Hall–Kier alpha value is -4.18. The van der Waals surface area contributed by atoms with Gasteiger partial charge in [0.05, 0.1) is 24.4 Å². The average Bonchev–Trinajstić information content (AvgIpc) is 0.803. The monoisotopic (exact) mass is 1340 g/mol. The van der Waals surface area contributed by atoms with Gasteiger partial charge in [-0.2, -0.15) is 4.31 Å². The van der Waals surface area contributed by atoms with Crippen LogP contribution in [0, 0.1) is 0 Å². The summed E-state index contributed by atoms with van der Waals surface area (Å²) in [4.78, 5) is 0. The van der Waals surface area contributed by atoms with E-state index in [4.69, 9.17) is 22.4 Å². The fourth-order valence-electron chi connectivity index (χ4n) is 9.63. The lowest BCUT2D eigenvalue weighted by Gasteiger charge is -2.31. The molecule has 0 aromatic carbocycles. The molecular formula is C80H128F4O7P2. The van der Waals surface area contributed by atoms with Crippen LogP contribution in [0.3, 0.4) is 0 Å². The standard InChI is InChI=1S/C80H128F4O7P2/c1-57(2)33-25-41-65(17)49-73(53-77(81)69(21)45-29-37-61(9)10)87-92(85,88-74(50-66(18)42-26-34-58(3)4)54-78(82)70(22)46-30-38-62(11)12)91-93(86,89-75(51-67(19)43-27-35-59(5)6)55-79(83)71(23)47-31-39-63(13)14)90-76(52-68(20)44-28-36-60(7)8)56-80(84)72(24)48-32-40-64(15)16/h33-40,49-52,73-76H,25-32,41-48,53-56H2,1-24H3/b65-49+,66-50+,67-51+,68-52+,77-69-,78-70-,79-71-,80-72-. The van der Waals surface area contributed by atoms with Crippen molar-refractivity contribution in [2.24, 2.45) is 0 Å². The third-order valence-corrected chi connectivity index (χ3v) is 18.9. The molecule has 0 aliphatic heterocycles. The summed E-state index contributed by atoms with van der Waals surface area (Å²) in [5.41, 5.74) is 13.6. The summed E-state index contributed by atoms with van der Waals surface area (Å²) in [6.07, 6.45) is 24.2. The van der Waals surface area contributed by atoms with Gasteiger partial charge in [-0.1, -0.05) is 140 Å². The number of halogens is 4. The molecule has 0 aliphatic rings. The lowest BCUT2D eigenvalue weighted by molar-refractivity contribution is 0.0648. The third-order valence-electron chi connectivity index (χ3n) is 15.2. The van der Waals surface area contributed by atoms with Gasteiger partial charge in [0.1, 0.15) is 23.3 Å². The predicted molar refractivity (Wildman–Crippen MR) is 394 cm³/mol. The predicted octanol–water partition coefficient (Wildman–Crippen LogP) is 29.1. The van der Waals surface area contributed by atoms with Crippen molar-refractivity contribution >= 4 is 15.6 Å². The van der Waals surface area contributed by atoms with Crippen molar-refractivity contribution < 1.29 is 49.1 Å². The minimum absolute atomic E-state index is 0.385. The summed E-state index contributed by atoms with van der Waals surface area (Å²) in [6, 6.07) is 0. The Morgan fingerprint density at radius 3 is 0.570 bits per heavy atom. The average molecular weight is 1340 g/mol. The van der Waals surface area contributed by atoms with E-state index in [2.05, 4.69) is 24.3 Å². The summed E-state index contributed by atoms with van der Waals surface area (Å²) in [5.74, 6) is -2.12. The van der Waals surface area contributed by atoms with Crippen molar-refractivity contribution in [3.63, 3.8) is 0 Å². The number of hydrogen-bond donors (Lipinski definition) is 0. The topological polar surface area (TPSA) is 80.3 Å². The van der Waals surface area contributed by atoms with Gasteiger partial charge in [0.25, 0.3) is 0 Å². The van der Waals surface area contributed by atoms with Gasteiger partial charge in [0, 0.05) is 25.7 Å². The number of phosphoric ester groups is 2. The van der Waals surface area contributed by atoms with E-state index >= 15 is 26.7 Å². The maximum Gasteiger partial charge on any atom is 0.484 e. The largest absolute Gasteiger partial charge is 0.484 e. The molecule has 0 saturated heterocycles. The summed E-state index contributed by atoms with van der Waals surface area (Å²) in [7, 11) is -11.2. The van der Waals surface area contributed by atoms with Crippen LogP contribution < -0.4 is 0 Å². The Balaban J connectivity index is 9.77. The molecule has 0 aliphatic carbocycles. The maximum absolute atomic E-state index is 17.1. The first kappa shape index (κ1) is 88.8. The van der Waals surface area contributed by atoms with Crippen molar-refractivity contribution in [3.8, 4) is 0 Å². The van der Waals surface area contributed by atoms with Gasteiger partial charge < -0.3 is 0 Å². The van der Waals surface area contributed by atoms with E-state index in [0.717, 1.165) is 66.9 Å². The van der Waals surface area contributed by atoms with Crippen LogP contribution in [0.2, 0.25) is 0 Å². The summed E-state index contributed by atoms with van der Waals surface area (Å²) < 4.78 is 135. The molecule has 528 valence electrons. The van der Waals surface area contributed by atoms with Crippen molar-refractivity contribution in [3.05, 3.63) is 185 Å². The first-order valence-corrected chi connectivity index (χ1v) is 37.0. The molecule has 0 aromatic heterocycles. The second-order valence-corrected chi connectivity index (χ2v) is 31.0. The molecule has 0 spiro atoms. The van der Waals surface area contributed by atoms with Crippen LogP contribution in [-0.4, -0.2) is 24.4 Å². The number of phosphoric acid groups is 2. The molecule has 4 atom stereocenters. The number of rotatable bonds is 46. The maximum atomic E-state index is 17.1. The van der Waals surface area contributed by atoms with E-state index < -0.39 is 89.1 Å². The normalized spacial score (nSPS) is 16.1. The Morgan fingerprint density at radius 1 is 0.269 bits per heavy atom. The van der Waals surface area contributed by atoms with Crippen molar-refractivity contribution in [2.45, 2.75) is 319 Å². The highest BCUT2D eigenvalue weighted by atomic mass is 31.3.